The number of pyridine rings is 1. The Kier molecular flexibility index (Phi) is 4.43. The zero-order chi connectivity index (χ0) is 13.9. The maximum atomic E-state index is 13.1. The maximum Gasteiger partial charge on any atom is 0.242 e. The molecule has 4 nitrogen and oxygen atoms in total. The highest BCUT2D eigenvalue weighted by Crippen LogP contribution is 2.30. The smallest absolute Gasteiger partial charge is 0.242 e. The molecule has 1 fully saturated rings. The number of alkyl halides is 1. The van der Waals surface area contributed by atoms with Gasteiger partial charge in [-0.1, -0.05) is 19.3 Å². The summed E-state index contributed by atoms with van der Waals surface area (Å²) in [6.07, 6.45) is 6.49. The van der Waals surface area contributed by atoms with Gasteiger partial charge in [-0.05, 0) is 18.9 Å². The minimum absolute atomic E-state index is 0.164. The zero-order valence-corrected chi connectivity index (χ0v) is 12.0. The molecule has 7 heteroatoms. The van der Waals surface area contributed by atoms with E-state index in [0.717, 1.165) is 37.7 Å². The second kappa shape index (κ2) is 5.73. The molecule has 1 aromatic rings. The molecular weight excluding hydrogens is 291 g/mol. The van der Waals surface area contributed by atoms with Crippen molar-refractivity contribution in [1.82, 2.24) is 9.71 Å². The molecular formula is C12H16ClFN2O2S. The van der Waals surface area contributed by atoms with Crippen LogP contribution in [-0.2, 0) is 10.0 Å². The van der Waals surface area contributed by atoms with Crippen LogP contribution >= 0.6 is 11.6 Å². The van der Waals surface area contributed by atoms with E-state index in [1.165, 1.54) is 0 Å². The fraction of sp³-hybridized carbons (Fsp3) is 0.583. The second-order valence-electron chi connectivity index (χ2n) is 4.92. The lowest BCUT2D eigenvalue weighted by molar-refractivity contribution is 0.298. The van der Waals surface area contributed by atoms with E-state index >= 15 is 0 Å². The van der Waals surface area contributed by atoms with Crippen molar-refractivity contribution in [2.75, 3.05) is 5.88 Å². The van der Waals surface area contributed by atoms with E-state index < -0.39 is 21.4 Å². The molecule has 0 spiro atoms. The molecule has 0 atom stereocenters. The predicted octanol–water partition coefficient (Wildman–Crippen LogP) is 2.44. The van der Waals surface area contributed by atoms with Crippen LogP contribution in [-0.4, -0.2) is 24.8 Å². The van der Waals surface area contributed by atoms with Gasteiger partial charge in [0.2, 0.25) is 10.0 Å². The zero-order valence-electron chi connectivity index (χ0n) is 10.4. The average molecular weight is 307 g/mol. The van der Waals surface area contributed by atoms with E-state index in [4.69, 9.17) is 11.6 Å². The van der Waals surface area contributed by atoms with Crippen LogP contribution in [0.1, 0.15) is 32.1 Å². The van der Waals surface area contributed by atoms with Crippen LogP contribution in [0.5, 0.6) is 0 Å². The van der Waals surface area contributed by atoms with Gasteiger partial charge in [0.1, 0.15) is 10.7 Å². The molecule has 0 radical (unpaired) electrons. The summed E-state index contributed by atoms with van der Waals surface area (Å²) in [6.45, 7) is 0. The van der Waals surface area contributed by atoms with Gasteiger partial charge < -0.3 is 0 Å². The number of nitrogens with zero attached hydrogens (tertiary/aromatic N) is 1. The maximum absolute atomic E-state index is 13.1. The number of halogens is 2. The summed E-state index contributed by atoms with van der Waals surface area (Å²) < 4.78 is 40.2. The Morgan fingerprint density at radius 3 is 2.58 bits per heavy atom. The summed E-state index contributed by atoms with van der Waals surface area (Å²) in [5, 5.41) is 0. The van der Waals surface area contributed by atoms with E-state index in [2.05, 4.69) is 9.71 Å². The number of sulfonamides is 1. The SMILES string of the molecule is O=S(=O)(NC1(CCl)CCCCC1)c1cncc(F)c1. The lowest BCUT2D eigenvalue weighted by Gasteiger charge is -2.35. The molecule has 1 heterocycles. The van der Waals surface area contributed by atoms with Crippen LogP contribution in [0, 0.1) is 5.82 Å². The Morgan fingerprint density at radius 1 is 1.32 bits per heavy atom. The third-order valence-corrected chi connectivity index (χ3v) is 5.46. The summed E-state index contributed by atoms with van der Waals surface area (Å²) >= 11 is 5.95. The summed E-state index contributed by atoms with van der Waals surface area (Å²) in [4.78, 5) is 3.40. The first-order chi connectivity index (χ1) is 8.97. The molecule has 19 heavy (non-hydrogen) atoms. The Morgan fingerprint density at radius 2 is 2.00 bits per heavy atom. The molecule has 0 aliphatic heterocycles. The van der Waals surface area contributed by atoms with Crippen molar-refractivity contribution >= 4 is 21.6 Å². The van der Waals surface area contributed by atoms with Gasteiger partial charge in [0.15, 0.2) is 0 Å². The third-order valence-electron chi connectivity index (χ3n) is 3.41. The first kappa shape index (κ1) is 14.7. The van der Waals surface area contributed by atoms with Crippen molar-refractivity contribution < 1.29 is 12.8 Å². The van der Waals surface area contributed by atoms with Gasteiger partial charge in [0, 0.05) is 17.6 Å². The van der Waals surface area contributed by atoms with Crippen molar-refractivity contribution in [2.45, 2.75) is 42.5 Å². The normalized spacial score (nSPS) is 19.3. The largest absolute Gasteiger partial charge is 0.260 e. The van der Waals surface area contributed by atoms with Crippen LogP contribution in [0.4, 0.5) is 4.39 Å². The Hall–Kier alpha value is -0.720. The van der Waals surface area contributed by atoms with Gasteiger partial charge in [0.05, 0.1) is 6.20 Å². The van der Waals surface area contributed by atoms with E-state index in [9.17, 15) is 12.8 Å². The number of aromatic nitrogens is 1. The molecule has 0 saturated heterocycles. The molecule has 1 aromatic heterocycles. The number of hydrogen-bond acceptors (Lipinski definition) is 3. The van der Waals surface area contributed by atoms with Crippen molar-refractivity contribution in [1.29, 1.82) is 0 Å². The van der Waals surface area contributed by atoms with E-state index in [-0.39, 0.29) is 10.8 Å². The van der Waals surface area contributed by atoms with Crippen molar-refractivity contribution in [3.05, 3.63) is 24.3 Å². The summed E-state index contributed by atoms with van der Waals surface area (Å²) in [5.41, 5.74) is -0.620. The molecule has 0 aromatic carbocycles. The standard InChI is InChI=1S/C12H16ClFN2O2S/c13-9-12(4-2-1-3-5-12)16-19(17,18)11-6-10(14)7-15-8-11/h6-8,16H,1-5,9H2. The van der Waals surface area contributed by atoms with Crippen LogP contribution in [0.25, 0.3) is 0 Å². The van der Waals surface area contributed by atoms with E-state index in [1.807, 2.05) is 0 Å². The molecule has 0 unspecified atom stereocenters. The lowest BCUT2D eigenvalue weighted by atomic mass is 9.84. The molecule has 1 saturated carbocycles. The molecule has 0 amide bonds. The molecule has 1 aliphatic rings. The van der Waals surface area contributed by atoms with Crippen LogP contribution in [0.3, 0.4) is 0 Å². The second-order valence-corrected chi connectivity index (χ2v) is 6.87. The lowest BCUT2D eigenvalue weighted by Crippen LogP contribution is -2.51. The predicted molar refractivity (Wildman–Crippen MR) is 71.1 cm³/mol. The highest BCUT2D eigenvalue weighted by atomic mass is 35.5. The monoisotopic (exact) mass is 306 g/mol. The van der Waals surface area contributed by atoms with E-state index in [1.54, 1.807) is 0 Å². The number of rotatable bonds is 4. The van der Waals surface area contributed by atoms with Gasteiger partial charge in [-0.25, -0.2) is 17.5 Å². The number of hydrogen-bond donors (Lipinski definition) is 1. The molecule has 0 bridgehead atoms. The van der Waals surface area contributed by atoms with Crippen molar-refractivity contribution in [2.24, 2.45) is 0 Å². The molecule has 1 aliphatic carbocycles. The highest BCUT2D eigenvalue weighted by molar-refractivity contribution is 7.89. The highest BCUT2D eigenvalue weighted by Gasteiger charge is 2.35. The van der Waals surface area contributed by atoms with E-state index in [0.29, 0.717) is 12.8 Å². The Labute approximate surface area is 117 Å². The van der Waals surface area contributed by atoms with Gasteiger partial charge in [0.25, 0.3) is 0 Å². The summed E-state index contributed by atoms with van der Waals surface area (Å²) in [5.74, 6) is -0.457. The molecule has 1 N–H and O–H groups in total. The van der Waals surface area contributed by atoms with Crippen molar-refractivity contribution in [3.8, 4) is 0 Å². The minimum atomic E-state index is -3.79. The fourth-order valence-corrected chi connectivity index (χ4v) is 4.22. The van der Waals surface area contributed by atoms with Gasteiger partial charge in [-0.2, -0.15) is 0 Å². The topological polar surface area (TPSA) is 59.1 Å². The average Bonchev–Trinajstić information content (AvgIpc) is 2.39. The first-order valence-corrected chi connectivity index (χ1v) is 8.20. The van der Waals surface area contributed by atoms with Gasteiger partial charge >= 0.3 is 0 Å². The van der Waals surface area contributed by atoms with Gasteiger partial charge in [-0.15, -0.1) is 11.6 Å². The minimum Gasteiger partial charge on any atom is -0.260 e. The van der Waals surface area contributed by atoms with Crippen LogP contribution < -0.4 is 4.72 Å². The molecule has 106 valence electrons. The molecule has 2 rings (SSSR count). The van der Waals surface area contributed by atoms with Crippen LogP contribution in [0.2, 0.25) is 0 Å². The Bertz CT molecular complexity index is 544. The van der Waals surface area contributed by atoms with Gasteiger partial charge in [-0.3, -0.25) is 4.98 Å². The first-order valence-electron chi connectivity index (χ1n) is 6.18. The van der Waals surface area contributed by atoms with Crippen molar-refractivity contribution in [3.63, 3.8) is 0 Å². The number of nitrogens with one attached hydrogen (secondary N) is 1. The fourth-order valence-electron chi connectivity index (χ4n) is 2.37. The third kappa shape index (κ3) is 3.43. The summed E-state index contributed by atoms with van der Waals surface area (Å²) in [7, 11) is -3.79. The van der Waals surface area contributed by atoms with Crippen LogP contribution in [0.15, 0.2) is 23.4 Å². The Balaban J connectivity index is 2.25. The quantitative estimate of drug-likeness (QED) is 0.869. The summed E-state index contributed by atoms with van der Waals surface area (Å²) in [6, 6.07) is 0.958.